The maximum absolute atomic E-state index is 11.3. The molecule has 1 aromatic heterocycles. The van der Waals surface area contributed by atoms with Crippen LogP contribution in [0.1, 0.15) is 5.56 Å². The van der Waals surface area contributed by atoms with Crippen molar-refractivity contribution in [3.63, 3.8) is 0 Å². The zero-order valence-electron chi connectivity index (χ0n) is 9.62. The van der Waals surface area contributed by atoms with Gasteiger partial charge in [-0.15, -0.1) is 0 Å². The van der Waals surface area contributed by atoms with E-state index < -0.39 is 9.84 Å². The summed E-state index contributed by atoms with van der Waals surface area (Å²) in [7, 11) is -3.16. The first-order chi connectivity index (χ1) is 8.45. The van der Waals surface area contributed by atoms with E-state index in [0.717, 1.165) is 5.56 Å². The van der Waals surface area contributed by atoms with E-state index in [1.54, 1.807) is 24.3 Å². The zero-order chi connectivity index (χ0) is 13.2. The van der Waals surface area contributed by atoms with Crippen LogP contribution in [0, 0.1) is 0 Å². The lowest BCUT2D eigenvalue weighted by atomic mass is 10.2. The van der Waals surface area contributed by atoms with Gasteiger partial charge in [-0.05, 0) is 17.7 Å². The van der Waals surface area contributed by atoms with E-state index in [1.807, 2.05) is 0 Å². The van der Waals surface area contributed by atoms with Crippen LogP contribution in [0.4, 0.5) is 12.0 Å². The molecule has 0 fully saturated rings. The summed E-state index contributed by atoms with van der Waals surface area (Å²) in [6.07, 6.45) is 1.17. The van der Waals surface area contributed by atoms with Crippen molar-refractivity contribution < 1.29 is 12.8 Å². The summed E-state index contributed by atoms with van der Waals surface area (Å²) in [5, 5.41) is 10.0. The SMILES string of the molecule is CS(=O)(=O)c1ccc(CNc2nnc(N)o2)cc1. The van der Waals surface area contributed by atoms with Crippen LogP contribution in [-0.2, 0) is 16.4 Å². The normalized spacial score (nSPS) is 11.4. The van der Waals surface area contributed by atoms with Crippen molar-refractivity contribution in [1.29, 1.82) is 0 Å². The molecular formula is C10H12N4O3S. The van der Waals surface area contributed by atoms with Crippen LogP contribution < -0.4 is 11.1 Å². The minimum Gasteiger partial charge on any atom is -0.390 e. The van der Waals surface area contributed by atoms with Crippen molar-refractivity contribution in [2.45, 2.75) is 11.4 Å². The predicted molar refractivity (Wildman–Crippen MR) is 65.6 cm³/mol. The third kappa shape index (κ3) is 2.98. The molecule has 18 heavy (non-hydrogen) atoms. The van der Waals surface area contributed by atoms with E-state index in [9.17, 15) is 8.42 Å². The van der Waals surface area contributed by atoms with Crippen LogP contribution in [0.15, 0.2) is 33.6 Å². The fourth-order valence-corrected chi connectivity index (χ4v) is 1.97. The van der Waals surface area contributed by atoms with Crippen LogP contribution in [0.3, 0.4) is 0 Å². The second kappa shape index (κ2) is 4.65. The molecule has 0 bridgehead atoms. The lowest BCUT2D eigenvalue weighted by molar-refractivity contribution is 0.586. The quantitative estimate of drug-likeness (QED) is 0.838. The molecule has 7 nitrogen and oxygen atoms in total. The minimum absolute atomic E-state index is 0.00933. The highest BCUT2D eigenvalue weighted by atomic mass is 32.2. The number of nitrogens with zero attached hydrogens (tertiary/aromatic N) is 2. The first-order valence-electron chi connectivity index (χ1n) is 5.07. The fourth-order valence-electron chi connectivity index (χ4n) is 1.34. The number of rotatable bonds is 4. The van der Waals surface area contributed by atoms with Gasteiger partial charge >= 0.3 is 12.0 Å². The summed E-state index contributed by atoms with van der Waals surface area (Å²) in [6, 6.07) is 6.74. The van der Waals surface area contributed by atoms with Crippen LogP contribution in [-0.4, -0.2) is 24.9 Å². The van der Waals surface area contributed by atoms with Gasteiger partial charge in [0.15, 0.2) is 9.84 Å². The van der Waals surface area contributed by atoms with Gasteiger partial charge in [0.1, 0.15) is 0 Å². The van der Waals surface area contributed by atoms with Gasteiger partial charge in [0, 0.05) is 12.8 Å². The molecule has 0 aliphatic rings. The Hall–Kier alpha value is -2.09. The van der Waals surface area contributed by atoms with Gasteiger partial charge in [-0.2, -0.15) is 0 Å². The number of nitrogen functional groups attached to an aromatic ring is 1. The Labute approximate surface area is 104 Å². The molecule has 0 saturated carbocycles. The molecule has 3 N–H and O–H groups in total. The lowest BCUT2D eigenvalue weighted by Gasteiger charge is -2.03. The Morgan fingerprint density at radius 3 is 2.44 bits per heavy atom. The standard InChI is InChI=1S/C10H12N4O3S/c1-18(15,16)8-4-2-7(3-5-8)6-12-10-14-13-9(11)17-10/h2-5H,6H2,1H3,(H2,11,13)(H,12,14). The minimum atomic E-state index is -3.16. The van der Waals surface area contributed by atoms with E-state index >= 15 is 0 Å². The zero-order valence-corrected chi connectivity index (χ0v) is 10.4. The molecule has 2 rings (SSSR count). The van der Waals surface area contributed by atoms with Crippen molar-refractivity contribution in [2.24, 2.45) is 0 Å². The highest BCUT2D eigenvalue weighted by Gasteiger charge is 2.06. The molecule has 0 saturated heterocycles. The molecule has 0 unspecified atom stereocenters. The van der Waals surface area contributed by atoms with Gasteiger partial charge in [0.05, 0.1) is 4.90 Å². The fraction of sp³-hybridized carbons (Fsp3) is 0.200. The summed E-state index contributed by atoms with van der Waals surface area (Å²) in [5.41, 5.74) is 6.16. The van der Waals surface area contributed by atoms with Crippen LogP contribution >= 0.6 is 0 Å². The molecule has 1 heterocycles. The smallest absolute Gasteiger partial charge is 0.317 e. The van der Waals surface area contributed by atoms with Gasteiger partial charge in [-0.3, -0.25) is 0 Å². The van der Waals surface area contributed by atoms with Gasteiger partial charge in [0.25, 0.3) is 0 Å². The summed E-state index contributed by atoms with van der Waals surface area (Å²) < 4.78 is 27.5. The third-order valence-electron chi connectivity index (χ3n) is 2.24. The average molecular weight is 268 g/mol. The maximum atomic E-state index is 11.3. The number of sulfone groups is 1. The van der Waals surface area contributed by atoms with Crippen molar-refractivity contribution in [1.82, 2.24) is 10.2 Å². The van der Waals surface area contributed by atoms with E-state index in [0.29, 0.717) is 6.54 Å². The molecule has 0 amide bonds. The monoisotopic (exact) mass is 268 g/mol. The molecule has 8 heteroatoms. The van der Waals surface area contributed by atoms with Crippen LogP contribution in [0.2, 0.25) is 0 Å². The largest absolute Gasteiger partial charge is 0.390 e. The number of hydrogen-bond acceptors (Lipinski definition) is 7. The summed E-state index contributed by atoms with van der Waals surface area (Å²) in [6.45, 7) is 0.436. The highest BCUT2D eigenvalue weighted by molar-refractivity contribution is 7.90. The molecule has 1 aromatic carbocycles. The number of nitrogens with one attached hydrogen (secondary N) is 1. The molecule has 0 aliphatic carbocycles. The van der Waals surface area contributed by atoms with Crippen LogP contribution in [0.5, 0.6) is 0 Å². The van der Waals surface area contributed by atoms with Crippen molar-refractivity contribution in [2.75, 3.05) is 17.3 Å². The first kappa shape index (κ1) is 12.4. The molecule has 0 atom stereocenters. The van der Waals surface area contributed by atoms with Gasteiger partial charge in [0.2, 0.25) is 0 Å². The highest BCUT2D eigenvalue weighted by Crippen LogP contribution is 2.12. The first-order valence-corrected chi connectivity index (χ1v) is 6.96. The molecule has 2 aromatic rings. The summed E-state index contributed by atoms with van der Waals surface area (Å²) in [4.78, 5) is 0.285. The van der Waals surface area contributed by atoms with E-state index in [-0.39, 0.29) is 16.9 Å². The summed E-state index contributed by atoms with van der Waals surface area (Å²) in [5.74, 6) is 0. The summed E-state index contributed by atoms with van der Waals surface area (Å²) >= 11 is 0. The van der Waals surface area contributed by atoms with E-state index in [1.165, 1.54) is 6.26 Å². The molecular weight excluding hydrogens is 256 g/mol. The maximum Gasteiger partial charge on any atom is 0.317 e. The second-order valence-corrected chi connectivity index (χ2v) is 5.73. The average Bonchev–Trinajstić information content (AvgIpc) is 2.72. The van der Waals surface area contributed by atoms with Crippen molar-refractivity contribution >= 4 is 21.9 Å². The van der Waals surface area contributed by atoms with E-state index in [2.05, 4.69) is 15.5 Å². The van der Waals surface area contributed by atoms with Crippen LogP contribution in [0.25, 0.3) is 0 Å². The Morgan fingerprint density at radius 1 is 1.28 bits per heavy atom. The molecule has 0 aliphatic heterocycles. The third-order valence-corrected chi connectivity index (χ3v) is 3.36. The van der Waals surface area contributed by atoms with E-state index in [4.69, 9.17) is 10.2 Å². The van der Waals surface area contributed by atoms with Crippen molar-refractivity contribution in [3.05, 3.63) is 29.8 Å². The lowest BCUT2D eigenvalue weighted by Crippen LogP contribution is -2.01. The molecule has 96 valence electrons. The number of anilines is 2. The number of aromatic nitrogens is 2. The Morgan fingerprint density at radius 2 is 1.94 bits per heavy atom. The second-order valence-electron chi connectivity index (χ2n) is 3.72. The van der Waals surface area contributed by atoms with Gasteiger partial charge in [-0.1, -0.05) is 22.3 Å². The van der Waals surface area contributed by atoms with Gasteiger partial charge < -0.3 is 15.5 Å². The topological polar surface area (TPSA) is 111 Å². The Bertz CT molecular complexity index is 633. The predicted octanol–water partition coefficient (Wildman–Crippen LogP) is 0.667. The number of nitrogens with two attached hydrogens (primary N) is 1. The number of hydrogen-bond donors (Lipinski definition) is 2. The van der Waals surface area contributed by atoms with Crippen molar-refractivity contribution in [3.8, 4) is 0 Å². The molecule has 0 spiro atoms. The Balaban J connectivity index is 2.03. The molecule has 0 radical (unpaired) electrons. The number of benzene rings is 1. The Kier molecular flexibility index (Phi) is 3.19. The van der Waals surface area contributed by atoms with Gasteiger partial charge in [-0.25, -0.2) is 8.42 Å².